The van der Waals surface area contributed by atoms with Crippen LogP contribution in [-0.2, 0) is 11.9 Å². The van der Waals surface area contributed by atoms with Crippen molar-refractivity contribution in [2.24, 2.45) is 0 Å². The van der Waals surface area contributed by atoms with Crippen LogP contribution in [0.3, 0.4) is 0 Å². The molecule has 0 saturated carbocycles. The molecule has 0 unspecified atom stereocenters. The van der Waals surface area contributed by atoms with E-state index in [0.29, 0.717) is 11.1 Å². The van der Waals surface area contributed by atoms with E-state index in [1.54, 1.807) is 34.5 Å². The molecule has 0 aliphatic heterocycles. The number of benzene rings is 4. The highest BCUT2D eigenvalue weighted by molar-refractivity contribution is 9.11. The van der Waals surface area contributed by atoms with Crippen molar-refractivity contribution in [1.29, 1.82) is 0 Å². The zero-order valence-electron chi connectivity index (χ0n) is 18.9. The second-order valence-corrected chi connectivity index (χ2v) is 8.37. The number of rotatable bonds is 6. The van der Waals surface area contributed by atoms with Crippen molar-refractivity contribution in [2.75, 3.05) is 28.4 Å². The fourth-order valence-electron chi connectivity index (χ4n) is 3.85. The van der Waals surface area contributed by atoms with E-state index in [1.807, 2.05) is 48.5 Å². The van der Waals surface area contributed by atoms with Gasteiger partial charge in [0.1, 0.15) is 23.0 Å². The first-order valence-electron chi connectivity index (χ1n) is 10.2. The van der Waals surface area contributed by atoms with Gasteiger partial charge in [-0.3, -0.25) is 0 Å². The smallest absolute Gasteiger partial charge is 0.141 e. The number of alkyl halides is 1. The Morgan fingerprint density at radius 1 is 0.697 bits per heavy atom. The molecular formula is C26H26Br2O5. The summed E-state index contributed by atoms with van der Waals surface area (Å²) in [4.78, 5) is 0. The topological polar surface area (TPSA) is 57.2 Å². The molecule has 4 rings (SSSR count). The molecule has 0 aliphatic rings. The van der Waals surface area contributed by atoms with Gasteiger partial charge < -0.3 is 24.1 Å². The quantitative estimate of drug-likeness (QED) is 0.254. The molecule has 0 saturated heterocycles. The van der Waals surface area contributed by atoms with Gasteiger partial charge in [0.05, 0.1) is 39.5 Å². The van der Waals surface area contributed by atoms with Crippen molar-refractivity contribution < 1.29 is 24.1 Å². The summed E-state index contributed by atoms with van der Waals surface area (Å²) in [5, 5.41) is 14.0. The maximum Gasteiger partial charge on any atom is 0.141 e. The van der Waals surface area contributed by atoms with Crippen molar-refractivity contribution in [3.8, 4) is 23.0 Å². The summed E-state index contributed by atoms with van der Waals surface area (Å²) >= 11 is 7.06. The number of hydrogen-bond acceptors (Lipinski definition) is 5. The van der Waals surface area contributed by atoms with Crippen molar-refractivity contribution in [3.63, 3.8) is 0 Å². The van der Waals surface area contributed by atoms with E-state index in [0.717, 1.165) is 54.4 Å². The Morgan fingerprint density at radius 3 is 1.64 bits per heavy atom. The summed E-state index contributed by atoms with van der Waals surface area (Å²) in [6, 6.07) is 17.7. The summed E-state index contributed by atoms with van der Waals surface area (Å²) in [5.41, 5.74) is 1.79. The monoisotopic (exact) mass is 576 g/mol. The number of fused-ring (bicyclic) bond motifs is 2. The minimum Gasteiger partial charge on any atom is -0.496 e. The Bertz CT molecular complexity index is 1260. The van der Waals surface area contributed by atoms with Crippen molar-refractivity contribution >= 4 is 53.4 Å². The van der Waals surface area contributed by atoms with E-state index in [4.69, 9.17) is 18.9 Å². The van der Waals surface area contributed by atoms with E-state index < -0.39 is 0 Å². The van der Waals surface area contributed by atoms with Gasteiger partial charge in [0, 0.05) is 38.0 Å². The largest absolute Gasteiger partial charge is 0.496 e. The zero-order chi connectivity index (χ0) is 24.0. The SMILES string of the molecule is COc1c(Br)c(CBr)c(OC)c2ccccc12.COc1cc(CO)c(OC)c2ccccc12. The van der Waals surface area contributed by atoms with Crippen LogP contribution in [0.25, 0.3) is 21.5 Å². The van der Waals surface area contributed by atoms with Crippen LogP contribution >= 0.6 is 31.9 Å². The first-order chi connectivity index (χ1) is 16.1. The fraction of sp³-hybridized carbons (Fsp3) is 0.231. The molecule has 7 heteroatoms. The van der Waals surface area contributed by atoms with Crippen LogP contribution in [0, 0.1) is 0 Å². The molecule has 0 bridgehead atoms. The Kier molecular flexibility index (Phi) is 8.83. The van der Waals surface area contributed by atoms with Gasteiger partial charge in [-0.05, 0) is 22.0 Å². The Morgan fingerprint density at radius 2 is 1.18 bits per heavy atom. The molecule has 0 atom stereocenters. The highest BCUT2D eigenvalue weighted by atomic mass is 79.9. The highest BCUT2D eigenvalue weighted by Crippen LogP contribution is 2.44. The lowest BCUT2D eigenvalue weighted by Crippen LogP contribution is -1.96. The number of halogens is 2. The van der Waals surface area contributed by atoms with E-state index in [9.17, 15) is 5.11 Å². The third-order valence-electron chi connectivity index (χ3n) is 5.33. The van der Waals surface area contributed by atoms with Crippen LogP contribution in [0.5, 0.6) is 23.0 Å². The van der Waals surface area contributed by atoms with Gasteiger partial charge in [-0.25, -0.2) is 0 Å². The maximum absolute atomic E-state index is 9.29. The fourth-order valence-corrected chi connectivity index (χ4v) is 5.45. The molecule has 33 heavy (non-hydrogen) atoms. The van der Waals surface area contributed by atoms with Crippen LogP contribution in [0.1, 0.15) is 11.1 Å². The van der Waals surface area contributed by atoms with E-state index in [1.165, 1.54) is 0 Å². The molecule has 0 heterocycles. The molecule has 0 amide bonds. The predicted octanol–water partition coefficient (Wildman–Crippen LogP) is 6.86. The van der Waals surface area contributed by atoms with Crippen molar-refractivity contribution in [3.05, 3.63) is 70.2 Å². The lowest BCUT2D eigenvalue weighted by molar-refractivity contribution is 0.273. The minimum absolute atomic E-state index is 0.0651. The van der Waals surface area contributed by atoms with Gasteiger partial charge in [-0.1, -0.05) is 64.5 Å². The predicted molar refractivity (Wildman–Crippen MR) is 140 cm³/mol. The molecule has 4 aromatic rings. The molecular weight excluding hydrogens is 552 g/mol. The third kappa shape index (κ3) is 4.90. The van der Waals surface area contributed by atoms with Gasteiger partial charge in [0.15, 0.2) is 0 Å². The Labute approximate surface area is 210 Å². The Hall–Kier alpha value is -2.48. The average Bonchev–Trinajstić information content (AvgIpc) is 2.87. The maximum atomic E-state index is 9.29. The van der Waals surface area contributed by atoms with Gasteiger partial charge >= 0.3 is 0 Å². The summed E-state index contributed by atoms with van der Waals surface area (Å²) in [6.07, 6.45) is 0. The van der Waals surface area contributed by atoms with Crippen LogP contribution in [0.2, 0.25) is 0 Å². The van der Waals surface area contributed by atoms with E-state index in [-0.39, 0.29) is 6.61 Å². The molecule has 0 spiro atoms. The number of methoxy groups -OCH3 is 4. The zero-order valence-corrected chi connectivity index (χ0v) is 22.1. The molecule has 0 fully saturated rings. The molecule has 4 aromatic carbocycles. The van der Waals surface area contributed by atoms with Gasteiger partial charge in [0.2, 0.25) is 0 Å². The number of hydrogen-bond donors (Lipinski definition) is 1. The van der Waals surface area contributed by atoms with Crippen molar-refractivity contribution in [1.82, 2.24) is 0 Å². The second-order valence-electron chi connectivity index (χ2n) is 7.01. The van der Waals surface area contributed by atoms with Crippen LogP contribution in [0.15, 0.2) is 59.1 Å². The third-order valence-corrected chi connectivity index (χ3v) is 6.72. The number of aliphatic hydroxyl groups is 1. The molecule has 0 aromatic heterocycles. The van der Waals surface area contributed by atoms with E-state index >= 15 is 0 Å². The summed E-state index contributed by atoms with van der Waals surface area (Å²) in [5.74, 6) is 3.18. The van der Waals surface area contributed by atoms with Gasteiger partial charge in [-0.2, -0.15) is 0 Å². The standard InChI is InChI=1S/C13H12Br2O2.C13H14O3/c1-16-12-8-5-3-4-6-9(8)13(17-2)11(15)10(12)7-14;1-15-12-7-9(8-14)13(16-2)11-6-4-3-5-10(11)12/h3-6H,7H2,1-2H3;3-7,14H,8H2,1-2H3. The molecule has 5 nitrogen and oxygen atoms in total. The lowest BCUT2D eigenvalue weighted by Gasteiger charge is -2.16. The highest BCUT2D eigenvalue weighted by Gasteiger charge is 2.18. The van der Waals surface area contributed by atoms with E-state index in [2.05, 4.69) is 31.9 Å². The first-order valence-corrected chi connectivity index (χ1v) is 12.1. The Balaban J connectivity index is 0.000000186. The molecule has 1 N–H and O–H groups in total. The van der Waals surface area contributed by atoms with Crippen LogP contribution in [0.4, 0.5) is 0 Å². The summed E-state index contributed by atoms with van der Waals surface area (Å²) in [7, 11) is 6.59. The first kappa shape index (κ1) is 25.1. The molecule has 0 radical (unpaired) electrons. The minimum atomic E-state index is -0.0651. The summed E-state index contributed by atoms with van der Waals surface area (Å²) in [6.45, 7) is -0.0651. The van der Waals surface area contributed by atoms with Crippen LogP contribution < -0.4 is 18.9 Å². The number of aliphatic hydroxyl groups excluding tert-OH is 1. The van der Waals surface area contributed by atoms with Gasteiger partial charge in [-0.15, -0.1) is 0 Å². The molecule has 0 aliphatic carbocycles. The lowest BCUT2D eigenvalue weighted by atomic mass is 10.0. The summed E-state index contributed by atoms with van der Waals surface area (Å²) < 4.78 is 22.6. The number of ether oxygens (including phenoxy) is 4. The van der Waals surface area contributed by atoms with Crippen molar-refractivity contribution in [2.45, 2.75) is 11.9 Å². The average molecular weight is 578 g/mol. The van der Waals surface area contributed by atoms with Gasteiger partial charge in [0.25, 0.3) is 0 Å². The van der Waals surface area contributed by atoms with Crippen LogP contribution in [-0.4, -0.2) is 33.5 Å². The second kappa shape index (κ2) is 11.6. The molecule has 174 valence electrons. The normalized spacial score (nSPS) is 10.5.